The normalized spacial score (nSPS) is 20.9. The average Bonchev–Trinajstić information content (AvgIpc) is 2.60. The van der Waals surface area contributed by atoms with Crippen molar-refractivity contribution in [2.75, 3.05) is 32.8 Å². The molecule has 0 radical (unpaired) electrons. The van der Waals surface area contributed by atoms with E-state index >= 15 is 0 Å². The third-order valence-corrected chi connectivity index (χ3v) is 4.40. The van der Waals surface area contributed by atoms with Gasteiger partial charge >= 0.3 is 0 Å². The van der Waals surface area contributed by atoms with Crippen molar-refractivity contribution in [3.8, 4) is 0 Å². The molecule has 2 unspecified atom stereocenters. The summed E-state index contributed by atoms with van der Waals surface area (Å²) >= 11 is 0. The first kappa shape index (κ1) is 24.1. The van der Waals surface area contributed by atoms with Crippen molar-refractivity contribution in [2.45, 2.75) is 52.5 Å². The number of ether oxygens (including phenoxy) is 2. The van der Waals surface area contributed by atoms with E-state index in [0.717, 1.165) is 45.8 Å². The van der Waals surface area contributed by atoms with Gasteiger partial charge in [-0.3, -0.25) is 4.90 Å². The molecule has 6 nitrogen and oxygen atoms in total. The highest BCUT2D eigenvalue weighted by molar-refractivity contribution is 14.0. The minimum absolute atomic E-state index is 0. The lowest BCUT2D eigenvalue weighted by atomic mass is 10.1. The van der Waals surface area contributed by atoms with E-state index in [1.54, 1.807) is 0 Å². The van der Waals surface area contributed by atoms with E-state index in [1.165, 1.54) is 11.1 Å². The quantitative estimate of drug-likeness (QED) is 0.241. The van der Waals surface area contributed by atoms with Crippen LogP contribution in [0.4, 0.5) is 0 Å². The molecule has 1 fully saturated rings. The van der Waals surface area contributed by atoms with E-state index < -0.39 is 0 Å². The lowest BCUT2D eigenvalue weighted by Crippen LogP contribution is -2.44. The van der Waals surface area contributed by atoms with Gasteiger partial charge in [0.25, 0.3) is 0 Å². The summed E-state index contributed by atoms with van der Waals surface area (Å²) in [6.45, 7) is 12.0. The van der Waals surface area contributed by atoms with E-state index in [9.17, 15) is 0 Å². The number of hydrogen-bond donors (Lipinski definition) is 2. The summed E-state index contributed by atoms with van der Waals surface area (Å²) in [4.78, 5) is 6.95. The second-order valence-electron chi connectivity index (χ2n) is 6.90. The van der Waals surface area contributed by atoms with E-state index in [-0.39, 0.29) is 36.2 Å². The smallest absolute Gasteiger partial charge is 0.188 e. The molecule has 154 valence electrons. The Morgan fingerprint density at radius 2 is 1.93 bits per heavy atom. The molecule has 7 heteroatoms. The number of guanidine groups is 1. The van der Waals surface area contributed by atoms with Gasteiger partial charge in [0.1, 0.15) is 0 Å². The molecule has 1 heterocycles. The van der Waals surface area contributed by atoms with Gasteiger partial charge < -0.3 is 20.5 Å². The van der Waals surface area contributed by atoms with E-state index in [2.05, 4.69) is 53.3 Å². The van der Waals surface area contributed by atoms with Crippen LogP contribution < -0.4 is 11.1 Å². The zero-order valence-corrected chi connectivity index (χ0v) is 19.1. The van der Waals surface area contributed by atoms with Crippen LogP contribution in [0.15, 0.2) is 29.3 Å². The molecule has 1 aliphatic rings. The zero-order valence-electron chi connectivity index (χ0n) is 16.8. The summed E-state index contributed by atoms with van der Waals surface area (Å²) in [6.07, 6.45) is 1.48. The standard InChI is InChI=1S/C20H34N4O2.HI/c1-4-25-11-7-10-22-20(21)23-12-18-8-5-6-9-19(18)15-24-13-16(2)26-17(3)14-24;/h5-6,8-9,16-17H,4,7,10-15H2,1-3H3,(H3,21,22,23);1H. The Labute approximate surface area is 180 Å². The molecule has 2 rings (SSSR count). The Hall–Kier alpha value is -0.900. The maximum absolute atomic E-state index is 5.98. The highest BCUT2D eigenvalue weighted by Gasteiger charge is 2.22. The molecule has 0 amide bonds. The Kier molecular flexibility index (Phi) is 11.9. The number of rotatable bonds is 9. The first-order chi connectivity index (χ1) is 12.6. The van der Waals surface area contributed by atoms with E-state index in [1.807, 2.05) is 6.92 Å². The number of aliphatic imine (C=N–C) groups is 1. The summed E-state index contributed by atoms with van der Waals surface area (Å²) in [7, 11) is 0. The van der Waals surface area contributed by atoms with Gasteiger partial charge in [-0.2, -0.15) is 0 Å². The molecule has 1 aromatic carbocycles. The lowest BCUT2D eigenvalue weighted by molar-refractivity contribution is -0.0705. The summed E-state index contributed by atoms with van der Waals surface area (Å²) < 4.78 is 11.1. The SMILES string of the molecule is CCOCCCNC(N)=NCc1ccccc1CN1CC(C)OC(C)C1.I. The van der Waals surface area contributed by atoms with Crippen LogP contribution in [0.25, 0.3) is 0 Å². The lowest BCUT2D eigenvalue weighted by Gasteiger charge is -2.35. The molecule has 1 aliphatic heterocycles. The first-order valence-electron chi connectivity index (χ1n) is 9.64. The molecule has 1 aromatic rings. The van der Waals surface area contributed by atoms with Crippen molar-refractivity contribution in [1.29, 1.82) is 0 Å². The average molecular weight is 490 g/mol. The summed E-state index contributed by atoms with van der Waals surface area (Å²) in [5, 5.41) is 3.15. The van der Waals surface area contributed by atoms with Crippen molar-refractivity contribution in [1.82, 2.24) is 10.2 Å². The minimum atomic E-state index is 0. The number of morpholine rings is 1. The maximum atomic E-state index is 5.98. The molecule has 0 aromatic heterocycles. The van der Waals surface area contributed by atoms with Crippen molar-refractivity contribution in [2.24, 2.45) is 10.7 Å². The van der Waals surface area contributed by atoms with Gasteiger partial charge in [0.2, 0.25) is 0 Å². The van der Waals surface area contributed by atoms with Gasteiger partial charge in [-0.1, -0.05) is 24.3 Å². The molecule has 1 saturated heterocycles. The second kappa shape index (κ2) is 13.3. The monoisotopic (exact) mass is 490 g/mol. The number of hydrogen-bond acceptors (Lipinski definition) is 4. The number of nitrogens with zero attached hydrogens (tertiary/aromatic N) is 2. The molecular formula is C20H35IN4O2. The summed E-state index contributed by atoms with van der Waals surface area (Å²) in [6, 6.07) is 8.46. The molecule has 2 atom stereocenters. The fourth-order valence-corrected chi connectivity index (χ4v) is 3.28. The van der Waals surface area contributed by atoms with Gasteiger partial charge in [-0.05, 0) is 38.3 Å². The predicted molar refractivity (Wildman–Crippen MR) is 122 cm³/mol. The van der Waals surface area contributed by atoms with Crippen molar-refractivity contribution >= 4 is 29.9 Å². The third kappa shape index (κ3) is 9.23. The van der Waals surface area contributed by atoms with Crippen molar-refractivity contribution in [3.63, 3.8) is 0 Å². The van der Waals surface area contributed by atoms with Crippen LogP contribution >= 0.6 is 24.0 Å². The fourth-order valence-electron chi connectivity index (χ4n) is 3.28. The molecule has 0 aliphatic carbocycles. The molecule has 0 saturated carbocycles. The van der Waals surface area contributed by atoms with Crippen molar-refractivity contribution in [3.05, 3.63) is 35.4 Å². The Morgan fingerprint density at radius 3 is 2.59 bits per heavy atom. The Bertz CT molecular complexity index is 561. The van der Waals surface area contributed by atoms with E-state index in [0.29, 0.717) is 12.5 Å². The Balaban J connectivity index is 0.00000364. The molecule has 0 bridgehead atoms. The Morgan fingerprint density at radius 1 is 1.26 bits per heavy atom. The van der Waals surface area contributed by atoms with Gasteiger partial charge in [-0.15, -0.1) is 24.0 Å². The molecular weight excluding hydrogens is 455 g/mol. The van der Waals surface area contributed by atoms with Crippen LogP contribution in [0.2, 0.25) is 0 Å². The van der Waals surface area contributed by atoms with Gasteiger partial charge in [-0.25, -0.2) is 4.99 Å². The fraction of sp³-hybridized carbons (Fsp3) is 0.650. The van der Waals surface area contributed by atoms with Crippen molar-refractivity contribution < 1.29 is 9.47 Å². The highest BCUT2D eigenvalue weighted by atomic mass is 127. The van der Waals surface area contributed by atoms with Crippen LogP contribution in [0.5, 0.6) is 0 Å². The minimum Gasteiger partial charge on any atom is -0.382 e. The largest absolute Gasteiger partial charge is 0.382 e. The number of nitrogens with two attached hydrogens (primary N) is 1. The van der Waals surface area contributed by atoms with Gasteiger partial charge in [0.05, 0.1) is 18.8 Å². The molecule has 27 heavy (non-hydrogen) atoms. The highest BCUT2D eigenvalue weighted by Crippen LogP contribution is 2.17. The van der Waals surface area contributed by atoms with Crippen LogP contribution in [-0.2, 0) is 22.6 Å². The van der Waals surface area contributed by atoms with Crippen LogP contribution in [0.3, 0.4) is 0 Å². The van der Waals surface area contributed by atoms with E-state index in [4.69, 9.17) is 15.2 Å². The predicted octanol–water partition coefficient (Wildman–Crippen LogP) is 2.74. The topological polar surface area (TPSA) is 72.1 Å². The van der Waals surface area contributed by atoms with Crippen LogP contribution in [0, 0.1) is 0 Å². The van der Waals surface area contributed by atoms with Gasteiger partial charge in [0.15, 0.2) is 5.96 Å². The summed E-state index contributed by atoms with van der Waals surface area (Å²) in [5.74, 6) is 0.491. The summed E-state index contributed by atoms with van der Waals surface area (Å²) in [5.41, 5.74) is 8.51. The second-order valence-corrected chi connectivity index (χ2v) is 6.90. The first-order valence-corrected chi connectivity index (χ1v) is 9.64. The maximum Gasteiger partial charge on any atom is 0.188 e. The number of nitrogens with one attached hydrogen (secondary N) is 1. The third-order valence-electron chi connectivity index (χ3n) is 4.40. The number of benzene rings is 1. The molecule has 3 N–H and O–H groups in total. The zero-order chi connectivity index (χ0) is 18.8. The van der Waals surface area contributed by atoms with Crippen LogP contribution in [0.1, 0.15) is 38.3 Å². The van der Waals surface area contributed by atoms with Gasteiger partial charge in [0, 0.05) is 39.4 Å². The molecule has 0 spiro atoms. The van der Waals surface area contributed by atoms with Crippen LogP contribution in [-0.4, -0.2) is 55.9 Å². The number of halogens is 1.